The van der Waals surface area contributed by atoms with Crippen LogP contribution < -0.4 is 24.8 Å². The molecule has 0 saturated heterocycles. The van der Waals surface area contributed by atoms with Gasteiger partial charge >= 0.3 is 221 Å². The molecule has 9 rings (SSSR count). The third-order valence-corrected chi connectivity index (χ3v) is 11.3. The fourth-order valence-electron chi connectivity index (χ4n) is 7.09. The van der Waals surface area contributed by atoms with Crippen molar-refractivity contribution < 1.29 is 44.0 Å². The zero-order valence-electron chi connectivity index (χ0n) is 20.5. The summed E-state index contributed by atoms with van der Waals surface area (Å²) in [6.07, 6.45) is 15.9. The molecule has 4 aliphatic carbocycles. The van der Waals surface area contributed by atoms with Crippen LogP contribution in [0.2, 0.25) is 0 Å². The zero-order valence-corrected chi connectivity index (χ0v) is 23.6. The van der Waals surface area contributed by atoms with Crippen LogP contribution in [-0.2, 0) is 19.2 Å². The van der Waals surface area contributed by atoms with E-state index in [0.717, 1.165) is 6.42 Å². The predicted octanol–water partition coefficient (Wildman–Crippen LogP) is 2.80. The second kappa shape index (κ2) is 8.83. The van der Waals surface area contributed by atoms with Crippen molar-refractivity contribution in [1.82, 2.24) is 0 Å². The molecule has 0 fully saturated rings. The van der Waals surface area contributed by atoms with Crippen molar-refractivity contribution in [3.8, 4) is 0 Å². The first-order valence-corrected chi connectivity index (χ1v) is 14.7. The summed E-state index contributed by atoms with van der Waals surface area (Å²) in [6, 6.07) is 27.5. The quantitative estimate of drug-likeness (QED) is 0.290. The number of halogens is 2. The van der Waals surface area contributed by atoms with E-state index in [4.69, 9.17) is 0 Å². The van der Waals surface area contributed by atoms with E-state index < -0.39 is 19.2 Å². The van der Waals surface area contributed by atoms with Gasteiger partial charge in [-0.05, 0) is 0 Å². The Labute approximate surface area is 244 Å². The van der Waals surface area contributed by atoms with E-state index >= 15 is 0 Å². The first kappa shape index (κ1) is 24.2. The van der Waals surface area contributed by atoms with Gasteiger partial charge in [0, 0.05) is 0 Å². The van der Waals surface area contributed by atoms with Crippen LogP contribution in [0, 0.1) is 0 Å². The summed E-state index contributed by atoms with van der Waals surface area (Å²) in [7, 11) is 0. The minimum absolute atomic E-state index is 0. The van der Waals surface area contributed by atoms with Gasteiger partial charge < -0.3 is 24.8 Å². The Hall–Kier alpha value is -2.87. The number of rotatable bonds is 0. The van der Waals surface area contributed by atoms with E-state index in [9.17, 15) is 0 Å². The molecule has 2 unspecified atom stereocenters. The van der Waals surface area contributed by atoms with Gasteiger partial charge in [-0.1, -0.05) is 0 Å². The van der Waals surface area contributed by atoms with Crippen molar-refractivity contribution in [3.63, 3.8) is 0 Å². The molecule has 0 N–H and O–H groups in total. The molecule has 4 aromatic carbocycles. The Kier molecular flexibility index (Phi) is 5.62. The van der Waals surface area contributed by atoms with Crippen LogP contribution in [0.3, 0.4) is 0 Å². The SMILES string of the molecule is C1=C2CC3=CC=C4C3=C[CH]([Ti+2][CH]3C=C2C(=C1)c1c3ccc2ccccc12)c1ccc2ccccc2c14.[Cl-].[Cl-]. The molecule has 1 heterocycles. The molecule has 4 aromatic rings. The second-order valence-electron chi connectivity index (χ2n) is 10.5. The normalized spacial score (nSPS) is 21.1. The number of hydrogen-bond donors (Lipinski definition) is 0. The van der Waals surface area contributed by atoms with Crippen LogP contribution in [0.4, 0.5) is 0 Å². The van der Waals surface area contributed by atoms with Gasteiger partial charge in [0.1, 0.15) is 0 Å². The summed E-state index contributed by atoms with van der Waals surface area (Å²) < 4.78 is 1.05. The number of fused-ring (bicyclic) bond motifs is 12. The minimum atomic E-state index is -0.399. The van der Waals surface area contributed by atoms with Crippen LogP contribution in [0.1, 0.15) is 37.1 Å². The van der Waals surface area contributed by atoms with Gasteiger partial charge in [-0.3, -0.25) is 0 Å². The summed E-state index contributed by atoms with van der Waals surface area (Å²) in [5.74, 6) is 0. The van der Waals surface area contributed by atoms with Crippen LogP contribution in [0.15, 0.2) is 132 Å². The summed E-state index contributed by atoms with van der Waals surface area (Å²) in [6.45, 7) is 0. The first-order chi connectivity index (χ1) is 17.8. The molecular formula is C35H22Cl2Ti. The number of allylic oxidation sites excluding steroid dienone is 12. The summed E-state index contributed by atoms with van der Waals surface area (Å²) in [5, 5.41) is 5.51. The summed E-state index contributed by atoms with van der Waals surface area (Å²) in [4.78, 5) is 0. The first-order valence-electron chi connectivity index (χ1n) is 12.9. The Balaban J connectivity index is 0.00000121. The molecule has 0 aromatic heterocycles. The topological polar surface area (TPSA) is 0 Å². The zero-order chi connectivity index (χ0) is 23.4. The fraction of sp³-hybridized carbons (Fsp3) is 0.0857. The van der Waals surface area contributed by atoms with Gasteiger partial charge in [0.15, 0.2) is 0 Å². The molecule has 1 aliphatic heterocycles. The van der Waals surface area contributed by atoms with Gasteiger partial charge in [-0.15, -0.1) is 0 Å². The van der Waals surface area contributed by atoms with E-state index in [0.29, 0.717) is 8.45 Å². The molecule has 0 saturated carbocycles. The maximum absolute atomic E-state index is 2.65. The standard InChI is InChI=1S/C35H22.2ClH.Ti/c1-3-7-30-22(5-1)9-11-24-13-17-28-26(15-19-32(28)34(24)30)21-27-16-20-33-29(27)18-14-25-12-10-23-6-2-4-8-31(23)35(25)33;;;/h1-20H,21H2;2*1H;/q;;;+2/p-2. The molecule has 4 bridgehead atoms. The average molecular weight is 561 g/mol. The van der Waals surface area contributed by atoms with E-state index in [2.05, 4.69) is 109 Å². The molecule has 0 nitrogen and oxygen atoms in total. The maximum Gasteiger partial charge on any atom is -1.00 e. The minimum Gasteiger partial charge on any atom is -1.00 e. The average Bonchev–Trinajstić information content (AvgIpc) is 3.52. The van der Waals surface area contributed by atoms with Crippen LogP contribution in [-0.4, -0.2) is 0 Å². The Bertz CT molecular complexity index is 1760. The van der Waals surface area contributed by atoms with Gasteiger partial charge in [-0.25, -0.2) is 0 Å². The Morgan fingerprint density at radius 1 is 0.500 bits per heavy atom. The molecule has 3 heteroatoms. The van der Waals surface area contributed by atoms with Crippen molar-refractivity contribution in [2.24, 2.45) is 0 Å². The van der Waals surface area contributed by atoms with Crippen molar-refractivity contribution in [2.75, 3.05) is 0 Å². The monoisotopic (exact) mass is 560 g/mol. The Morgan fingerprint density at radius 2 is 0.974 bits per heavy atom. The molecule has 2 atom stereocenters. The van der Waals surface area contributed by atoms with E-state index in [-0.39, 0.29) is 24.8 Å². The van der Waals surface area contributed by atoms with Gasteiger partial charge in [0.05, 0.1) is 0 Å². The van der Waals surface area contributed by atoms with Crippen LogP contribution in [0.25, 0.3) is 32.7 Å². The molecule has 0 spiro atoms. The van der Waals surface area contributed by atoms with E-state index in [1.165, 1.54) is 66.1 Å². The third-order valence-electron chi connectivity index (χ3n) is 8.71. The fourth-order valence-corrected chi connectivity index (χ4v) is 9.83. The van der Waals surface area contributed by atoms with E-state index in [1.54, 1.807) is 11.1 Å². The molecule has 38 heavy (non-hydrogen) atoms. The second-order valence-corrected chi connectivity index (χ2v) is 13.0. The van der Waals surface area contributed by atoms with Gasteiger partial charge in [0.25, 0.3) is 0 Å². The molecule has 180 valence electrons. The van der Waals surface area contributed by atoms with Gasteiger partial charge in [-0.2, -0.15) is 0 Å². The predicted molar refractivity (Wildman–Crippen MR) is 146 cm³/mol. The Morgan fingerprint density at radius 3 is 1.47 bits per heavy atom. The third kappa shape index (κ3) is 3.22. The molecular weight excluding hydrogens is 539 g/mol. The number of hydrogen-bond acceptors (Lipinski definition) is 0. The largest absolute Gasteiger partial charge is 1.00 e. The molecule has 0 amide bonds. The molecule has 5 aliphatic rings. The van der Waals surface area contributed by atoms with Crippen molar-refractivity contribution >= 4 is 32.7 Å². The van der Waals surface area contributed by atoms with Crippen molar-refractivity contribution in [2.45, 2.75) is 14.9 Å². The van der Waals surface area contributed by atoms with Crippen LogP contribution >= 0.6 is 0 Å². The van der Waals surface area contributed by atoms with Crippen molar-refractivity contribution in [1.29, 1.82) is 0 Å². The van der Waals surface area contributed by atoms with E-state index in [1.807, 2.05) is 0 Å². The summed E-state index contributed by atoms with van der Waals surface area (Å²) in [5.41, 5.74) is 14.9. The smallest absolute Gasteiger partial charge is 1.00 e. The van der Waals surface area contributed by atoms with Gasteiger partial charge in [0.2, 0.25) is 0 Å². The maximum atomic E-state index is 2.65. The molecule has 0 radical (unpaired) electrons. The van der Waals surface area contributed by atoms with Crippen LogP contribution in [0.5, 0.6) is 0 Å². The summed E-state index contributed by atoms with van der Waals surface area (Å²) >= 11 is -0.399. The number of benzene rings is 4. The van der Waals surface area contributed by atoms with Crippen molar-refractivity contribution in [3.05, 3.63) is 154 Å².